The Hall–Kier alpha value is -3.02. The van der Waals surface area contributed by atoms with Gasteiger partial charge in [-0.3, -0.25) is 9.59 Å². The van der Waals surface area contributed by atoms with Crippen LogP contribution < -0.4 is 14.8 Å². The van der Waals surface area contributed by atoms with E-state index < -0.39 is 6.04 Å². The Balaban J connectivity index is 1.75. The monoisotopic (exact) mass is 438 g/mol. The Morgan fingerprint density at radius 3 is 2.38 bits per heavy atom. The summed E-state index contributed by atoms with van der Waals surface area (Å²) in [6.07, 6.45) is 2.30. The molecule has 1 aliphatic heterocycles. The minimum atomic E-state index is -0.505. The maximum Gasteiger partial charge on any atom is 0.243 e. The van der Waals surface area contributed by atoms with Crippen LogP contribution in [0, 0.1) is 6.92 Å². The van der Waals surface area contributed by atoms with Crippen molar-refractivity contribution in [3.8, 4) is 11.5 Å². The van der Waals surface area contributed by atoms with Crippen molar-refractivity contribution in [1.29, 1.82) is 0 Å². The van der Waals surface area contributed by atoms with Gasteiger partial charge < -0.3 is 19.7 Å². The molecule has 0 unspecified atom stereocenters. The molecule has 0 radical (unpaired) electrons. The average Bonchev–Trinajstić information content (AvgIpc) is 3.26. The number of aryl methyl sites for hydroxylation is 2. The van der Waals surface area contributed by atoms with E-state index in [-0.39, 0.29) is 24.6 Å². The second-order valence-electron chi connectivity index (χ2n) is 8.44. The summed E-state index contributed by atoms with van der Waals surface area (Å²) in [5.41, 5.74) is 3.19. The molecule has 2 atom stereocenters. The summed E-state index contributed by atoms with van der Waals surface area (Å²) in [5.74, 6) is 1.32. The maximum absolute atomic E-state index is 13.4. The van der Waals surface area contributed by atoms with Crippen molar-refractivity contribution in [1.82, 2.24) is 10.2 Å². The number of carbonyl (C=O) groups is 2. The first-order valence-electron chi connectivity index (χ1n) is 11.4. The molecule has 172 valence electrons. The van der Waals surface area contributed by atoms with Crippen LogP contribution in [0.3, 0.4) is 0 Å². The number of nitrogens with zero attached hydrogens (tertiary/aromatic N) is 1. The molecule has 1 heterocycles. The highest BCUT2D eigenvalue weighted by Gasteiger charge is 2.29. The third-order valence-corrected chi connectivity index (χ3v) is 5.92. The smallest absolute Gasteiger partial charge is 0.243 e. The van der Waals surface area contributed by atoms with Crippen LogP contribution in [0.1, 0.15) is 56.7 Å². The van der Waals surface area contributed by atoms with Gasteiger partial charge in [-0.05, 0) is 56.4 Å². The van der Waals surface area contributed by atoms with E-state index in [9.17, 15) is 9.59 Å². The standard InChI is InChI=1S/C26H34N2O4/c1-5-19(4)27-26(30)22(6-2)28(16-21-9-7-18(3)8-10-21)25(29)14-12-20-11-13-23-24(15-20)32-17-31-23/h7-11,13,15,19,22H,5-6,12,14,16-17H2,1-4H3,(H,27,30)/t19-,22+/m0/s1. The lowest BCUT2D eigenvalue weighted by Crippen LogP contribution is -2.50. The fourth-order valence-electron chi connectivity index (χ4n) is 3.74. The van der Waals surface area contributed by atoms with Crippen molar-refractivity contribution in [2.75, 3.05) is 6.79 Å². The van der Waals surface area contributed by atoms with Gasteiger partial charge in [0.2, 0.25) is 18.6 Å². The first-order chi connectivity index (χ1) is 15.4. The number of nitrogens with one attached hydrogen (secondary N) is 1. The fourth-order valence-corrected chi connectivity index (χ4v) is 3.74. The van der Waals surface area contributed by atoms with Gasteiger partial charge in [0, 0.05) is 19.0 Å². The average molecular weight is 439 g/mol. The zero-order valence-corrected chi connectivity index (χ0v) is 19.5. The molecule has 1 aliphatic rings. The van der Waals surface area contributed by atoms with Crippen molar-refractivity contribution in [2.45, 2.75) is 72.0 Å². The molecule has 0 spiro atoms. The number of fused-ring (bicyclic) bond motifs is 1. The fraction of sp³-hybridized carbons (Fsp3) is 0.462. The van der Waals surface area contributed by atoms with Gasteiger partial charge in [-0.15, -0.1) is 0 Å². The molecule has 0 saturated carbocycles. The van der Waals surface area contributed by atoms with Gasteiger partial charge in [0.05, 0.1) is 0 Å². The molecule has 6 heteroatoms. The molecule has 6 nitrogen and oxygen atoms in total. The van der Waals surface area contributed by atoms with Crippen molar-refractivity contribution in [2.24, 2.45) is 0 Å². The number of rotatable bonds is 10. The highest BCUT2D eigenvalue weighted by Crippen LogP contribution is 2.32. The summed E-state index contributed by atoms with van der Waals surface area (Å²) in [6, 6.07) is 13.4. The zero-order chi connectivity index (χ0) is 23.1. The Morgan fingerprint density at radius 2 is 1.69 bits per heavy atom. The SMILES string of the molecule is CC[C@H](C(=O)N[C@@H](C)CC)N(Cc1ccc(C)cc1)C(=O)CCc1ccc2c(c1)OCO2. The molecule has 0 aromatic heterocycles. The number of benzene rings is 2. The van der Waals surface area contributed by atoms with E-state index in [2.05, 4.69) is 5.32 Å². The van der Waals surface area contributed by atoms with Crippen molar-refractivity contribution < 1.29 is 19.1 Å². The lowest BCUT2D eigenvalue weighted by molar-refractivity contribution is -0.141. The van der Waals surface area contributed by atoms with Gasteiger partial charge in [0.15, 0.2) is 11.5 Å². The molecule has 0 fully saturated rings. The number of hydrogen-bond acceptors (Lipinski definition) is 4. The molecule has 0 saturated heterocycles. The summed E-state index contributed by atoms with van der Waals surface area (Å²) in [6.45, 7) is 8.64. The molecule has 0 aliphatic carbocycles. The van der Waals surface area contributed by atoms with E-state index in [1.807, 2.05) is 70.2 Å². The van der Waals surface area contributed by atoms with Crippen LogP contribution in [0.5, 0.6) is 11.5 Å². The molecule has 32 heavy (non-hydrogen) atoms. The lowest BCUT2D eigenvalue weighted by Gasteiger charge is -2.31. The number of ether oxygens (including phenoxy) is 2. The van der Waals surface area contributed by atoms with Crippen molar-refractivity contribution >= 4 is 11.8 Å². The quantitative estimate of drug-likeness (QED) is 0.598. The van der Waals surface area contributed by atoms with E-state index in [0.717, 1.165) is 28.9 Å². The summed E-state index contributed by atoms with van der Waals surface area (Å²) < 4.78 is 10.8. The van der Waals surface area contributed by atoms with Gasteiger partial charge >= 0.3 is 0 Å². The molecule has 3 rings (SSSR count). The van der Waals surface area contributed by atoms with Gasteiger partial charge in [-0.2, -0.15) is 0 Å². The third-order valence-electron chi connectivity index (χ3n) is 5.92. The predicted molar refractivity (Wildman–Crippen MR) is 125 cm³/mol. The first-order valence-corrected chi connectivity index (χ1v) is 11.4. The van der Waals surface area contributed by atoms with Crippen LogP contribution in [-0.4, -0.2) is 35.6 Å². The van der Waals surface area contributed by atoms with Crippen molar-refractivity contribution in [3.05, 3.63) is 59.2 Å². The van der Waals surface area contributed by atoms with Gasteiger partial charge in [-0.1, -0.05) is 49.7 Å². The van der Waals surface area contributed by atoms with Crippen LogP contribution in [0.15, 0.2) is 42.5 Å². The van der Waals surface area contributed by atoms with E-state index in [0.29, 0.717) is 31.6 Å². The largest absolute Gasteiger partial charge is 0.454 e. The Morgan fingerprint density at radius 1 is 1.00 bits per heavy atom. The minimum Gasteiger partial charge on any atom is -0.454 e. The molecule has 2 amide bonds. The van der Waals surface area contributed by atoms with Crippen LogP contribution in [0.2, 0.25) is 0 Å². The zero-order valence-electron chi connectivity index (χ0n) is 19.5. The Bertz CT molecular complexity index is 926. The number of hydrogen-bond donors (Lipinski definition) is 1. The minimum absolute atomic E-state index is 0.0330. The molecule has 2 aromatic rings. The molecular weight excluding hydrogens is 404 g/mol. The highest BCUT2D eigenvalue weighted by atomic mass is 16.7. The van der Waals surface area contributed by atoms with Crippen LogP contribution in [0.4, 0.5) is 0 Å². The highest BCUT2D eigenvalue weighted by molar-refractivity contribution is 5.88. The molecular formula is C26H34N2O4. The maximum atomic E-state index is 13.4. The molecule has 2 aromatic carbocycles. The lowest BCUT2D eigenvalue weighted by atomic mass is 10.0. The van der Waals surface area contributed by atoms with Crippen LogP contribution >= 0.6 is 0 Å². The number of amides is 2. The van der Waals surface area contributed by atoms with Gasteiger partial charge in [-0.25, -0.2) is 0 Å². The number of carbonyl (C=O) groups excluding carboxylic acids is 2. The Labute approximate surface area is 190 Å². The third kappa shape index (κ3) is 6.02. The summed E-state index contributed by atoms with van der Waals surface area (Å²) >= 11 is 0. The van der Waals surface area contributed by atoms with E-state index in [4.69, 9.17) is 9.47 Å². The van der Waals surface area contributed by atoms with E-state index >= 15 is 0 Å². The van der Waals surface area contributed by atoms with Crippen molar-refractivity contribution in [3.63, 3.8) is 0 Å². The van der Waals surface area contributed by atoms with E-state index in [1.165, 1.54) is 0 Å². The summed E-state index contributed by atoms with van der Waals surface area (Å²) in [5, 5.41) is 3.05. The van der Waals surface area contributed by atoms with E-state index in [1.54, 1.807) is 4.90 Å². The summed E-state index contributed by atoms with van der Waals surface area (Å²) in [4.78, 5) is 28.1. The topological polar surface area (TPSA) is 67.9 Å². The first kappa shape index (κ1) is 23.6. The van der Waals surface area contributed by atoms with Gasteiger partial charge in [0.1, 0.15) is 6.04 Å². The van der Waals surface area contributed by atoms with Crippen LogP contribution in [-0.2, 0) is 22.6 Å². The molecule has 1 N–H and O–H groups in total. The predicted octanol–water partition coefficient (Wildman–Crippen LogP) is 4.38. The van der Waals surface area contributed by atoms with Gasteiger partial charge in [0.25, 0.3) is 0 Å². The second kappa shape index (κ2) is 11.0. The molecule has 0 bridgehead atoms. The second-order valence-corrected chi connectivity index (χ2v) is 8.44. The van der Waals surface area contributed by atoms with Crippen LogP contribution in [0.25, 0.3) is 0 Å². The normalized spacial score (nSPS) is 14.0. The Kier molecular flexibility index (Phi) is 8.14. The summed E-state index contributed by atoms with van der Waals surface area (Å²) in [7, 11) is 0.